The van der Waals surface area contributed by atoms with Crippen LogP contribution in [0.5, 0.6) is 0 Å². The van der Waals surface area contributed by atoms with Crippen LogP contribution in [0.25, 0.3) is 0 Å². The van der Waals surface area contributed by atoms with Crippen LogP contribution < -0.4 is 0 Å². The summed E-state index contributed by atoms with van der Waals surface area (Å²) in [5.74, 6) is 0.852. The first-order valence-corrected chi connectivity index (χ1v) is 8.78. The molecule has 2 aromatic rings. The van der Waals surface area contributed by atoms with Gasteiger partial charge in [-0.05, 0) is 51.3 Å². The van der Waals surface area contributed by atoms with Gasteiger partial charge in [-0.1, -0.05) is 24.3 Å². The van der Waals surface area contributed by atoms with Crippen molar-refractivity contribution in [3.63, 3.8) is 0 Å². The van der Waals surface area contributed by atoms with Gasteiger partial charge < -0.3 is 4.98 Å². The van der Waals surface area contributed by atoms with Crippen LogP contribution in [0.2, 0.25) is 0 Å². The van der Waals surface area contributed by atoms with Gasteiger partial charge in [0.15, 0.2) is 11.6 Å². The van der Waals surface area contributed by atoms with E-state index in [4.69, 9.17) is 0 Å². The second kappa shape index (κ2) is 7.18. The summed E-state index contributed by atoms with van der Waals surface area (Å²) in [4.78, 5) is 27.5. The normalized spacial score (nSPS) is 12.2. The molecular weight excluding hydrogens is 306 g/mol. The van der Waals surface area contributed by atoms with Gasteiger partial charge in [-0.15, -0.1) is 11.8 Å². The number of nitrogens with one attached hydrogen (secondary N) is 1. The quantitative estimate of drug-likeness (QED) is 0.785. The third kappa shape index (κ3) is 3.75. The van der Waals surface area contributed by atoms with Gasteiger partial charge in [0.25, 0.3) is 0 Å². The van der Waals surface area contributed by atoms with Gasteiger partial charge in [0.1, 0.15) is 0 Å². The van der Waals surface area contributed by atoms with Crippen LogP contribution in [0.3, 0.4) is 0 Å². The van der Waals surface area contributed by atoms with E-state index >= 15 is 0 Å². The van der Waals surface area contributed by atoms with Crippen molar-refractivity contribution < 1.29 is 9.59 Å². The van der Waals surface area contributed by atoms with E-state index in [1.165, 1.54) is 18.1 Å². The first-order valence-electron chi connectivity index (χ1n) is 7.73. The van der Waals surface area contributed by atoms with Crippen molar-refractivity contribution >= 4 is 23.3 Å². The molecule has 0 unspecified atom stereocenters. The summed E-state index contributed by atoms with van der Waals surface area (Å²) in [6.07, 6.45) is 0. The summed E-state index contributed by atoms with van der Waals surface area (Å²) >= 11 is 1.62. The summed E-state index contributed by atoms with van der Waals surface area (Å²) in [6.45, 7) is 9.22. The Morgan fingerprint density at radius 3 is 2.39 bits per heavy atom. The van der Waals surface area contributed by atoms with Gasteiger partial charge in [-0.3, -0.25) is 9.59 Å². The van der Waals surface area contributed by atoms with E-state index in [-0.39, 0.29) is 16.8 Å². The lowest BCUT2D eigenvalue weighted by Crippen LogP contribution is -2.15. The monoisotopic (exact) mass is 329 g/mol. The van der Waals surface area contributed by atoms with E-state index in [0.29, 0.717) is 11.3 Å². The van der Waals surface area contributed by atoms with Gasteiger partial charge in [0.05, 0.1) is 10.9 Å². The lowest BCUT2D eigenvalue weighted by molar-refractivity contribution is 0.0988. The minimum absolute atomic E-state index is 0.00415. The van der Waals surface area contributed by atoms with Gasteiger partial charge in [0, 0.05) is 17.0 Å². The van der Waals surface area contributed by atoms with Gasteiger partial charge in [-0.25, -0.2) is 0 Å². The van der Waals surface area contributed by atoms with E-state index in [2.05, 4.69) is 24.0 Å². The number of aryl methyl sites for hydroxylation is 2. The van der Waals surface area contributed by atoms with Crippen LogP contribution in [0.15, 0.2) is 24.3 Å². The minimum atomic E-state index is -0.161. The number of hydrogen-bond acceptors (Lipinski definition) is 3. The number of hydrogen-bond donors (Lipinski definition) is 1. The molecule has 0 saturated heterocycles. The van der Waals surface area contributed by atoms with E-state index in [9.17, 15) is 9.59 Å². The standard InChI is InChI=1S/C19H23NO2S/c1-11-8-6-7-9-16(11)10-23-15(5)19(22)18-12(2)17(14(4)21)13(3)20-18/h6-9,15,20H,10H2,1-5H3/t15-/m1/s1. The molecule has 0 amide bonds. The Morgan fingerprint density at radius 2 is 1.83 bits per heavy atom. The minimum Gasteiger partial charge on any atom is -0.355 e. The van der Waals surface area contributed by atoms with Crippen LogP contribution >= 0.6 is 11.8 Å². The molecule has 1 N–H and O–H groups in total. The lowest BCUT2D eigenvalue weighted by atomic mass is 10.0. The van der Waals surface area contributed by atoms with Crippen molar-refractivity contribution in [3.8, 4) is 0 Å². The zero-order valence-electron chi connectivity index (χ0n) is 14.3. The van der Waals surface area contributed by atoms with Crippen molar-refractivity contribution in [2.45, 2.75) is 45.6 Å². The molecule has 1 aromatic heterocycles. The number of aromatic amines is 1. The highest BCUT2D eigenvalue weighted by molar-refractivity contribution is 7.99. The Morgan fingerprint density at radius 1 is 1.17 bits per heavy atom. The predicted molar refractivity (Wildman–Crippen MR) is 96.5 cm³/mol. The predicted octanol–water partition coefficient (Wildman–Crippen LogP) is 4.65. The number of benzene rings is 1. The van der Waals surface area contributed by atoms with Crippen LogP contribution in [-0.4, -0.2) is 21.8 Å². The summed E-state index contributed by atoms with van der Waals surface area (Å²) < 4.78 is 0. The zero-order chi connectivity index (χ0) is 17.1. The highest BCUT2D eigenvalue weighted by Gasteiger charge is 2.23. The van der Waals surface area contributed by atoms with Crippen LogP contribution in [0.4, 0.5) is 0 Å². The molecule has 0 radical (unpaired) electrons. The maximum Gasteiger partial charge on any atom is 0.191 e. The van der Waals surface area contributed by atoms with E-state index in [1.807, 2.05) is 32.9 Å². The van der Waals surface area contributed by atoms with E-state index in [0.717, 1.165) is 17.0 Å². The molecule has 0 fully saturated rings. The first-order chi connectivity index (χ1) is 10.8. The number of carbonyl (C=O) groups excluding carboxylic acids is 2. The maximum absolute atomic E-state index is 12.7. The molecule has 0 bridgehead atoms. The first kappa shape index (κ1) is 17.5. The average molecular weight is 329 g/mol. The number of Topliss-reactive ketones (excluding diaryl/α,β-unsaturated/α-hetero) is 2. The molecule has 0 spiro atoms. The largest absolute Gasteiger partial charge is 0.355 e. The smallest absolute Gasteiger partial charge is 0.191 e. The molecule has 23 heavy (non-hydrogen) atoms. The topological polar surface area (TPSA) is 49.9 Å². The molecule has 1 atom stereocenters. The molecule has 1 aromatic carbocycles. The molecule has 0 aliphatic rings. The number of aromatic nitrogens is 1. The van der Waals surface area contributed by atoms with Crippen LogP contribution in [0.1, 0.15) is 57.1 Å². The summed E-state index contributed by atoms with van der Waals surface area (Å²) in [5, 5.41) is -0.161. The summed E-state index contributed by atoms with van der Waals surface area (Å²) in [5.41, 5.74) is 5.24. The third-order valence-electron chi connectivity index (χ3n) is 4.16. The van der Waals surface area contributed by atoms with E-state index in [1.54, 1.807) is 11.8 Å². The molecular formula is C19H23NO2S. The molecule has 0 aliphatic carbocycles. The van der Waals surface area contributed by atoms with Gasteiger partial charge in [-0.2, -0.15) is 0 Å². The Balaban J connectivity index is 2.13. The van der Waals surface area contributed by atoms with Crippen molar-refractivity contribution in [2.24, 2.45) is 0 Å². The van der Waals surface area contributed by atoms with Gasteiger partial charge >= 0.3 is 0 Å². The molecule has 2 rings (SSSR count). The fourth-order valence-corrected chi connectivity index (χ4v) is 3.81. The van der Waals surface area contributed by atoms with Crippen molar-refractivity contribution in [2.75, 3.05) is 0 Å². The van der Waals surface area contributed by atoms with E-state index < -0.39 is 0 Å². The summed E-state index contributed by atoms with van der Waals surface area (Å²) in [6, 6.07) is 8.22. The Labute approximate surface area is 141 Å². The van der Waals surface area contributed by atoms with Gasteiger partial charge in [0.2, 0.25) is 0 Å². The molecule has 3 nitrogen and oxygen atoms in total. The lowest BCUT2D eigenvalue weighted by Gasteiger charge is -2.11. The Bertz CT molecular complexity index is 746. The molecule has 1 heterocycles. The average Bonchev–Trinajstić information content (AvgIpc) is 2.80. The maximum atomic E-state index is 12.7. The Hall–Kier alpha value is -1.81. The second-order valence-electron chi connectivity index (χ2n) is 5.93. The van der Waals surface area contributed by atoms with Crippen LogP contribution in [-0.2, 0) is 5.75 Å². The summed E-state index contributed by atoms with van der Waals surface area (Å²) in [7, 11) is 0. The number of rotatable bonds is 6. The number of ketones is 2. The van der Waals surface area contributed by atoms with Crippen LogP contribution in [0, 0.1) is 20.8 Å². The molecule has 0 aliphatic heterocycles. The fourth-order valence-electron chi connectivity index (χ4n) is 2.79. The molecule has 122 valence electrons. The Kier molecular flexibility index (Phi) is 5.47. The molecule has 0 saturated carbocycles. The number of carbonyl (C=O) groups is 2. The van der Waals surface area contributed by atoms with Crippen molar-refractivity contribution in [3.05, 3.63) is 57.9 Å². The molecule has 4 heteroatoms. The highest BCUT2D eigenvalue weighted by Crippen LogP contribution is 2.26. The highest BCUT2D eigenvalue weighted by atomic mass is 32.2. The van der Waals surface area contributed by atoms with Crippen molar-refractivity contribution in [1.82, 2.24) is 4.98 Å². The second-order valence-corrected chi connectivity index (χ2v) is 7.25. The zero-order valence-corrected chi connectivity index (χ0v) is 15.1. The fraction of sp³-hybridized carbons (Fsp3) is 0.368. The number of thioether (sulfide) groups is 1. The SMILES string of the molecule is CC(=O)c1c(C)[nH]c(C(=O)[C@@H](C)SCc2ccccc2C)c1C. The van der Waals surface area contributed by atoms with Crippen molar-refractivity contribution in [1.29, 1.82) is 0 Å². The third-order valence-corrected chi connectivity index (χ3v) is 5.35. The number of H-pyrrole nitrogens is 1.